The normalized spacial score (nSPS) is 21.3. The lowest BCUT2D eigenvalue weighted by Gasteiger charge is -2.29. The zero-order valence-electron chi connectivity index (χ0n) is 15.6. The Morgan fingerprint density at radius 2 is 2.04 bits per heavy atom. The van der Waals surface area contributed by atoms with Gasteiger partial charge in [-0.1, -0.05) is 0 Å². The molecule has 1 atom stereocenters. The van der Waals surface area contributed by atoms with Gasteiger partial charge in [-0.3, -0.25) is 9.69 Å². The number of H-pyrrole nitrogens is 1. The molecular formula is C20H28N4OS. The summed E-state index contributed by atoms with van der Waals surface area (Å²) in [6.45, 7) is 4.15. The Hall–Kier alpha value is -1.63. The van der Waals surface area contributed by atoms with E-state index in [1.807, 2.05) is 6.07 Å². The topological polar surface area (TPSA) is 51.4 Å². The summed E-state index contributed by atoms with van der Waals surface area (Å²) in [6, 6.07) is 6.86. The Morgan fingerprint density at radius 1 is 1.23 bits per heavy atom. The number of aromatic nitrogens is 1. The monoisotopic (exact) mass is 372 g/mol. The van der Waals surface area contributed by atoms with E-state index in [0.29, 0.717) is 17.2 Å². The lowest BCUT2D eigenvalue weighted by Crippen LogP contribution is -2.35. The predicted octanol–water partition coefficient (Wildman–Crippen LogP) is 2.92. The molecule has 0 radical (unpaired) electrons. The van der Waals surface area contributed by atoms with Gasteiger partial charge in [0.15, 0.2) is 0 Å². The summed E-state index contributed by atoms with van der Waals surface area (Å²) in [5.41, 5.74) is 3.70. The fourth-order valence-corrected chi connectivity index (χ4v) is 4.97. The van der Waals surface area contributed by atoms with Crippen LogP contribution in [0.25, 0.3) is 0 Å². The van der Waals surface area contributed by atoms with Crippen molar-refractivity contribution in [3.05, 3.63) is 45.9 Å². The summed E-state index contributed by atoms with van der Waals surface area (Å²) >= 11 is 1.76. The van der Waals surface area contributed by atoms with Crippen LogP contribution in [0.4, 0.5) is 0 Å². The molecule has 2 aromatic rings. The number of piperidine rings is 1. The van der Waals surface area contributed by atoms with Crippen LogP contribution in [0.15, 0.2) is 29.0 Å². The second-order valence-electron chi connectivity index (χ2n) is 7.97. The maximum atomic E-state index is 12.2. The lowest BCUT2D eigenvalue weighted by atomic mass is 9.93. The molecule has 0 bridgehead atoms. The van der Waals surface area contributed by atoms with E-state index in [4.69, 9.17) is 0 Å². The van der Waals surface area contributed by atoms with E-state index in [1.54, 1.807) is 30.3 Å². The number of nitrogens with one attached hydrogen (secondary N) is 2. The zero-order valence-corrected chi connectivity index (χ0v) is 16.4. The number of hydrogen-bond acceptors (Lipinski definition) is 4. The van der Waals surface area contributed by atoms with Crippen molar-refractivity contribution in [2.45, 2.75) is 38.4 Å². The number of nitrogens with zero attached hydrogens (tertiary/aromatic N) is 2. The number of rotatable bonds is 6. The summed E-state index contributed by atoms with van der Waals surface area (Å²) in [7, 11) is 3.58. The Kier molecular flexibility index (Phi) is 4.90. The van der Waals surface area contributed by atoms with Crippen molar-refractivity contribution in [2.24, 2.45) is 5.41 Å². The van der Waals surface area contributed by atoms with Gasteiger partial charge >= 0.3 is 0 Å². The van der Waals surface area contributed by atoms with Crippen LogP contribution in [0.2, 0.25) is 0 Å². The molecule has 1 saturated carbocycles. The minimum Gasteiger partial charge on any atom is -0.353 e. The van der Waals surface area contributed by atoms with Gasteiger partial charge in [-0.15, -0.1) is 0 Å². The molecule has 0 aromatic carbocycles. The van der Waals surface area contributed by atoms with Crippen molar-refractivity contribution in [1.82, 2.24) is 20.1 Å². The molecule has 4 rings (SSSR count). The van der Waals surface area contributed by atoms with Gasteiger partial charge in [0.2, 0.25) is 0 Å². The van der Waals surface area contributed by atoms with E-state index in [0.717, 1.165) is 31.9 Å². The molecule has 140 valence electrons. The summed E-state index contributed by atoms with van der Waals surface area (Å²) in [4.78, 5) is 19.7. The van der Waals surface area contributed by atoms with Crippen molar-refractivity contribution < 1.29 is 4.79 Å². The van der Waals surface area contributed by atoms with Crippen LogP contribution in [0.5, 0.6) is 0 Å². The molecule has 5 nitrogen and oxygen atoms in total. The number of carbonyl (C=O) groups excluding carboxylic acids is 1. The molecule has 2 N–H and O–H groups in total. The largest absolute Gasteiger partial charge is 0.353 e. The summed E-state index contributed by atoms with van der Waals surface area (Å²) in [6.07, 6.45) is 3.88. The minimum absolute atomic E-state index is 0.0295. The van der Waals surface area contributed by atoms with Gasteiger partial charge in [-0.25, -0.2) is 0 Å². The van der Waals surface area contributed by atoms with E-state index < -0.39 is 0 Å². The molecule has 2 aromatic heterocycles. The molecule has 1 amide bonds. The molecule has 0 unspecified atom stereocenters. The molecule has 1 aliphatic carbocycles. The molecule has 1 aliphatic heterocycles. The number of carbonyl (C=O) groups is 1. The SMILES string of the molecule is CN(C)C(=O)c1ccc(CN(Cc2ccsc2)[C@@H]2CC23CCNCC3)[nH]1. The van der Waals surface area contributed by atoms with E-state index in [1.165, 1.54) is 24.8 Å². The summed E-state index contributed by atoms with van der Waals surface area (Å²) < 4.78 is 0. The van der Waals surface area contributed by atoms with Crippen LogP contribution in [0.1, 0.15) is 41.0 Å². The number of aromatic amines is 1. The van der Waals surface area contributed by atoms with Gasteiger partial charge in [-0.05, 0) is 72.3 Å². The molecule has 2 fully saturated rings. The van der Waals surface area contributed by atoms with Crippen molar-refractivity contribution in [3.63, 3.8) is 0 Å². The fourth-order valence-electron chi connectivity index (χ4n) is 4.31. The van der Waals surface area contributed by atoms with Crippen LogP contribution in [0, 0.1) is 5.41 Å². The average Bonchev–Trinajstić information content (AvgIpc) is 3.01. The molecule has 1 spiro atoms. The highest BCUT2D eigenvalue weighted by atomic mass is 32.1. The van der Waals surface area contributed by atoms with Crippen LogP contribution in [0.3, 0.4) is 0 Å². The zero-order chi connectivity index (χ0) is 18.1. The first-order valence-corrected chi connectivity index (χ1v) is 10.4. The van der Waals surface area contributed by atoms with Crippen molar-refractivity contribution in [1.29, 1.82) is 0 Å². The highest BCUT2D eigenvalue weighted by Gasteiger charge is 2.56. The molecule has 3 heterocycles. The van der Waals surface area contributed by atoms with Crippen LogP contribution in [-0.4, -0.2) is 53.9 Å². The Labute approximate surface area is 159 Å². The first-order chi connectivity index (χ1) is 12.6. The number of thiophene rings is 1. The van der Waals surface area contributed by atoms with Crippen LogP contribution < -0.4 is 5.32 Å². The quantitative estimate of drug-likeness (QED) is 0.820. The minimum atomic E-state index is 0.0295. The number of amides is 1. The highest BCUT2D eigenvalue weighted by Crippen LogP contribution is 2.56. The van der Waals surface area contributed by atoms with Crippen molar-refractivity contribution in [3.8, 4) is 0 Å². The standard InChI is InChI=1S/C20H28N4OS/c1-23(2)19(25)17-4-3-16(22-17)13-24(12-15-5-10-26-14-15)18-11-20(18)6-8-21-9-7-20/h3-5,10,14,18,21-22H,6-9,11-13H2,1-2H3/t18-/m1/s1. The Balaban J connectivity index is 1.49. The second kappa shape index (κ2) is 7.18. The van der Waals surface area contributed by atoms with Crippen LogP contribution >= 0.6 is 11.3 Å². The van der Waals surface area contributed by atoms with Gasteiger partial charge in [-0.2, -0.15) is 11.3 Å². The van der Waals surface area contributed by atoms with E-state index in [2.05, 4.69) is 38.1 Å². The van der Waals surface area contributed by atoms with E-state index >= 15 is 0 Å². The molecule has 2 aliphatic rings. The third-order valence-electron chi connectivity index (χ3n) is 5.91. The van der Waals surface area contributed by atoms with Gasteiger partial charge in [0.05, 0.1) is 0 Å². The third kappa shape index (κ3) is 3.59. The molecule has 6 heteroatoms. The van der Waals surface area contributed by atoms with E-state index in [9.17, 15) is 4.79 Å². The maximum absolute atomic E-state index is 12.2. The maximum Gasteiger partial charge on any atom is 0.269 e. The molecular weight excluding hydrogens is 344 g/mol. The first-order valence-electron chi connectivity index (χ1n) is 9.43. The van der Waals surface area contributed by atoms with E-state index in [-0.39, 0.29) is 5.91 Å². The van der Waals surface area contributed by atoms with Crippen molar-refractivity contribution >= 4 is 17.2 Å². The fraction of sp³-hybridized carbons (Fsp3) is 0.550. The summed E-state index contributed by atoms with van der Waals surface area (Å²) in [5.74, 6) is 0.0295. The lowest BCUT2D eigenvalue weighted by molar-refractivity contribution is 0.0822. The third-order valence-corrected chi connectivity index (χ3v) is 6.64. The molecule has 1 saturated heterocycles. The van der Waals surface area contributed by atoms with Gasteiger partial charge in [0.25, 0.3) is 5.91 Å². The smallest absolute Gasteiger partial charge is 0.269 e. The number of hydrogen-bond donors (Lipinski definition) is 2. The Bertz CT molecular complexity index is 746. The Morgan fingerprint density at radius 3 is 2.73 bits per heavy atom. The summed E-state index contributed by atoms with van der Waals surface area (Å²) in [5, 5.41) is 7.90. The van der Waals surface area contributed by atoms with Crippen LogP contribution in [-0.2, 0) is 13.1 Å². The van der Waals surface area contributed by atoms with Crippen molar-refractivity contribution in [2.75, 3.05) is 27.2 Å². The first kappa shape index (κ1) is 17.8. The van der Waals surface area contributed by atoms with Gasteiger partial charge in [0.1, 0.15) is 5.69 Å². The highest BCUT2D eigenvalue weighted by molar-refractivity contribution is 7.07. The van der Waals surface area contributed by atoms with Gasteiger partial charge in [0, 0.05) is 38.9 Å². The predicted molar refractivity (Wildman–Crippen MR) is 105 cm³/mol. The van der Waals surface area contributed by atoms with Gasteiger partial charge < -0.3 is 15.2 Å². The average molecular weight is 373 g/mol. The molecule has 26 heavy (non-hydrogen) atoms. The second-order valence-corrected chi connectivity index (χ2v) is 8.75.